The van der Waals surface area contributed by atoms with E-state index in [4.69, 9.17) is 20.0 Å². The molecule has 10 nitrogen and oxygen atoms in total. The van der Waals surface area contributed by atoms with Gasteiger partial charge in [0.2, 0.25) is 5.95 Å². The number of hydrazine groups is 1. The Morgan fingerprint density at radius 2 is 2.30 bits per heavy atom. The van der Waals surface area contributed by atoms with Crippen molar-refractivity contribution in [3.63, 3.8) is 0 Å². The van der Waals surface area contributed by atoms with Crippen LogP contribution in [0.2, 0.25) is 0 Å². The summed E-state index contributed by atoms with van der Waals surface area (Å²) in [5.74, 6) is 7.57. The van der Waals surface area contributed by atoms with Crippen LogP contribution in [0.3, 0.4) is 0 Å². The second-order valence-electron chi connectivity index (χ2n) is 7.97. The number of anilines is 1. The average molecular weight is 413 g/mol. The van der Waals surface area contributed by atoms with Crippen LogP contribution in [-0.2, 0) is 11.4 Å². The van der Waals surface area contributed by atoms with Gasteiger partial charge in [-0.05, 0) is 39.7 Å². The Kier molecular flexibility index (Phi) is 5.62. The van der Waals surface area contributed by atoms with Crippen molar-refractivity contribution in [3.8, 4) is 17.6 Å². The Morgan fingerprint density at radius 3 is 2.93 bits per heavy atom. The van der Waals surface area contributed by atoms with E-state index in [1.807, 2.05) is 11.5 Å². The molecule has 160 valence electrons. The smallest absolute Gasteiger partial charge is 0.229 e. The van der Waals surface area contributed by atoms with E-state index in [1.165, 1.54) is 5.01 Å². The van der Waals surface area contributed by atoms with Crippen LogP contribution in [0.25, 0.3) is 11.0 Å². The standard InChI is InChI=1S/C20H27N7O3/c1-4-26-18-15(29-11-13-6-8-22-9-13)10-23-14(5-7-20(2,3)28)17(18)24-19(26)27-16(21)12-30-25-27/h10,13,21-22,25,28H,4,6,8-9,11-12H2,1-3H3. The molecule has 1 unspecified atom stereocenters. The molecule has 0 aromatic carbocycles. The summed E-state index contributed by atoms with van der Waals surface area (Å²) in [6.45, 7) is 8.52. The zero-order chi connectivity index (χ0) is 21.3. The summed E-state index contributed by atoms with van der Waals surface area (Å²) in [6.07, 6.45) is 2.74. The van der Waals surface area contributed by atoms with Crippen molar-refractivity contribution in [3.05, 3.63) is 11.9 Å². The molecule has 4 N–H and O–H groups in total. The van der Waals surface area contributed by atoms with Crippen LogP contribution in [-0.4, -0.2) is 57.4 Å². The number of hydrogen-bond acceptors (Lipinski definition) is 8. The van der Waals surface area contributed by atoms with Crippen molar-refractivity contribution in [2.45, 2.75) is 39.3 Å². The number of pyridine rings is 1. The van der Waals surface area contributed by atoms with Gasteiger partial charge in [-0.2, -0.15) is 0 Å². The van der Waals surface area contributed by atoms with Crippen LogP contribution in [0.4, 0.5) is 5.95 Å². The van der Waals surface area contributed by atoms with Gasteiger partial charge in [0, 0.05) is 19.0 Å². The van der Waals surface area contributed by atoms with Crippen LogP contribution >= 0.6 is 0 Å². The lowest BCUT2D eigenvalue weighted by molar-refractivity contribution is 0.101. The first kappa shape index (κ1) is 20.6. The molecule has 4 rings (SSSR count). The van der Waals surface area contributed by atoms with Gasteiger partial charge >= 0.3 is 0 Å². The minimum atomic E-state index is -1.15. The summed E-state index contributed by atoms with van der Waals surface area (Å²) in [4.78, 5) is 14.4. The molecule has 2 aliphatic heterocycles. The van der Waals surface area contributed by atoms with Crippen LogP contribution in [0, 0.1) is 23.2 Å². The van der Waals surface area contributed by atoms with E-state index >= 15 is 0 Å². The highest BCUT2D eigenvalue weighted by Gasteiger charge is 2.28. The quantitative estimate of drug-likeness (QED) is 0.531. The maximum absolute atomic E-state index is 10.0. The van der Waals surface area contributed by atoms with Crippen molar-refractivity contribution < 1.29 is 14.7 Å². The van der Waals surface area contributed by atoms with Gasteiger partial charge in [-0.1, -0.05) is 5.92 Å². The largest absolute Gasteiger partial charge is 0.489 e. The second-order valence-corrected chi connectivity index (χ2v) is 7.97. The van der Waals surface area contributed by atoms with E-state index in [2.05, 4.69) is 27.7 Å². The number of imidazole rings is 1. The fraction of sp³-hybridized carbons (Fsp3) is 0.550. The summed E-state index contributed by atoms with van der Waals surface area (Å²) in [5, 5.41) is 23.0. The summed E-state index contributed by atoms with van der Waals surface area (Å²) < 4.78 is 8.11. The van der Waals surface area contributed by atoms with Gasteiger partial charge in [-0.3, -0.25) is 10.2 Å². The minimum Gasteiger partial charge on any atom is -0.489 e. The van der Waals surface area contributed by atoms with E-state index in [9.17, 15) is 5.11 Å². The number of aliphatic hydroxyl groups is 1. The van der Waals surface area contributed by atoms with Crippen LogP contribution in [0.15, 0.2) is 6.20 Å². The molecule has 0 bridgehead atoms. The van der Waals surface area contributed by atoms with E-state index in [0.717, 1.165) is 25.0 Å². The molecule has 0 radical (unpaired) electrons. The molecule has 30 heavy (non-hydrogen) atoms. The highest BCUT2D eigenvalue weighted by molar-refractivity contribution is 5.98. The Bertz CT molecular complexity index is 1010. The lowest BCUT2D eigenvalue weighted by atomic mass is 10.1. The minimum absolute atomic E-state index is 0.147. The summed E-state index contributed by atoms with van der Waals surface area (Å²) in [7, 11) is 0. The number of aromatic nitrogens is 3. The Hall–Kier alpha value is -2.71. The maximum Gasteiger partial charge on any atom is 0.229 e. The average Bonchev–Trinajstić information content (AvgIpc) is 3.43. The number of nitrogens with one attached hydrogen (secondary N) is 3. The first-order chi connectivity index (χ1) is 14.4. The normalized spacial score (nSPS) is 19.4. The molecular formula is C20H27N7O3. The molecule has 1 atom stereocenters. The Labute approximate surface area is 175 Å². The second kappa shape index (κ2) is 8.20. The van der Waals surface area contributed by atoms with Gasteiger partial charge < -0.3 is 19.7 Å². The molecule has 0 amide bonds. The maximum atomic E-state index is 10.0. The molecule has 0 spiro atoms. The molecule has 2 aromatic rings. The predicted octanol–water partition coefficient (Wildman–Crippen LogP) is 0.795. The zero-order valence-electron chi connectivity index (χ0n) is 17.4. The van der Waals surface area contributed by atoms with Gasteiger partial charge in [-0.25, -0.2) is 15.0 Å². The number of aryl methyl sites for hydroxylation is 1. The summed E-state index contributed by atoms with van der Waals surface area (Å²) in [6, 6.07) is 0. The van der Waals surface area contributed by atoms with E-state index < -0.39 is 5.60 Å². The lowest BCUT2D eigenvalue weighted by Gasteiger charge is -2.17. The summed E-state index contributed by atoms with van der Waals surface area (Å²) >= 11 is 0. The summed E-state index contributed by atoms with van der Waals surface area (Å²) in [5.41, 5.74) is 3.33. The first-order valence-corrected chi connectivity index (χ1v) is 10.1. The van der Waals surface area contributed by atoms with Crippen molar-refractivity contribution in [2.75, 3.05) is 31.3 Å². The molecule has 4 heterocycles. The molecule has 2 aromatic heterocycles. The van der Waals surface area contributed by atoms with E-state index in [-0.39, 0.29) is 12.4 Å². The topological polar surface area (TPSA) is 121 Å². The number of ether oxygens (including phenoxy) is 1. The SMILES string of the molecule is CCn1c(N2NOCC2=N)nc2c(C#CC(C)(C)O)ncc(OCC3CCNC3)c21. The highest BCUT2D eigenvalue weighted by Crippen LogP contribution is 2.32. The molecule has 2 saturated heterocycles. The zero-order valence-corrected chi connectivity index (χ0v) is 17.4. The third kappa shape index (κ3) is 4.11. The number of fused-ring (bicyclic) bond motifs is 1. The van der Waals surface area contributed by atoms with Gasteiger partial charge in [0.05, 0.1) is 12.8 Å². The Morgan fingerprint density at radius 1 is 1.47 bits per heavy atom. The van der Waals surface area contributed by atoms with Gasteiger partial charge in [0.15, 0.2) is 5.75 Å². The molecule has 2 aliphatic rings. The van der Waals surface area contributed by atoms with Crippen LogP contribution in [0.5, 0.6) is 5.75 Å². The molecule has 0 aliphatic carbocycles. The van der Waals surface area contributed by atoms with Crippen molar-refractivity contribution in [1.82, 2.24) is 25.4 Å². The molecule has 2 fully saturated rings. The lowest BCUT2D eigenvalue weighted by Crippen LogP contribution is -2.35. The fourth-order valence-electron chi connectivity index (χ4n) is 3.49. The van der Waals surface area contributed by atoms with Gasteiger partial charge in [0.1, 0.15) is 34.8 Å². The van der Waals surface area contributed by atoms with Crippen molar-refractivity contribution >= 4 is 22.8 Å². The monoisotopic (exact) mass is 413 g/mol. The molecular weight excluding hydrogens is 386 g/mol. The molecule has 10 heteroatoms. The first-order valence-electron chi connectivity index (χ1n) is 10.1. The Balaban J connectivity index is 1.81. The third-order valence-corrected chi connectivity index (χ3v) is 4.99. The number of rotatable bonds is 5. The number of nitrogens with zero attached hydrogens (tertiary/aromatic N) is 4. The number of hydrogen-bond donors (Lipinski definition) is 4. The van der Waals surface area contributed by atoms with Crippen molar-refractivity contribution in [1.29, 1.82) is 5.41 Å². The third-order valence-electron chi connectivity index (χ3n) is 4.99. The fourth-order valence-corrected chi connectivity index (χ4v) is 3.49. The van der Waals surface area contributed by atoms with Crippen LogP contribution < -0.4 is 20.7 Å². The van der Waals surface area contributed by atoms with Gasteiger partial charge in [0.25, 0.3) is 0 Å². The highest BCUT2D eigenvalue weighted by atomic mass is 16.7. The van der Waals surface area contributed by atoms with Crippen molar-refractivity contribution in [2.24, 2.45) is 5.92 Å². The predicted molar refractivity (Wildman–Crippen MR) is 112 cm³/mol. The van der Waals surface area contributed by atoms with Crippen LogP contribution in [0.1, 0.15) is 32.9 Å². The van der Waals surface area contributed by atoms with Gasteiger partial charge in [-0.15, -0.1) is 5.59 Å². The van der Waals surface area contributed by atoms with E-state index in [1.54, 1.807) is 20.0 Å². The number of amidine groups is 1. The molecule has 0 saturated carbocycles. The van der Waals surface area contributed by atoms with E-state index in [0.29, 0.717) is 42.0 Å².